The van der Waals surface area contributed by atoms with Gasteiger partial charge >= 0.3 is 5.97 Å². The lowest BCUT2D eigenvalue weighted by molar-refractivity contribution is -0.140. The zero-order chi connectivity index (χ0) is 18.4. The molecule has 0 aliphatic heterocycles. The molecule has 1 amide bonds. The Morgan fingerprint density at radius 3 is 2.52 bits per heavy atom. The van der Waals surface area contributed by atoms with Gasteiger partial charge in [-0.3, -0.25) is 9.59 Å². The molecule has 1 aromatic heterocycles. The lowest BCUT2D eigenvalue weighted by atomic mass is 10.0. The number of esters is 1. The van der Waals surface area contributed by atoms with Crippen molar-refractivity contribution in [3.8, 4) is 10.6 Å². The minimum Gasteiger partial charge on any atom is -0.469 e. The molecule has 0 aliphatic carbocycles. The van der Waals surface area contributed by atoms with Gasteiger partial charge in [-0.15, -0.1) is 11.3 Å². The van der Waals surface area contributed by atoms with Crippen molar-refractivity contribution in [1.82, 2.24) is 9.88 Å². The summed E-state index contributed by atoms with van der Waals surface area (Å²) >= 11 is 1.46. The van der Waals surface area contributed by atoms with Gasteiger partial charge in [0.1, 0.15) is 10.7 Å². The van der Waals surface area contributed by atoms with Crippen LogP contribution in [0.5, 0.6) is 0 Å². The average Bonchev–Trinajstić information content (AvgIpc) is 3.10. The first-order valence-corrected chi connectivity index (χ1v) is 9.18. The predicted octanol–water partition coefficient (Wildman–Crippen LogP) is 3.96. The summed E-state index contributed by atoms with van der Waals surface area (Å²) in [6.07, 6.45) is 0.876. The number of nitrogens with zero attached hydrogens (tertiary/aromatic N) is 2. The molecule has 0 N–H and O–H groups in total. The molecule has 0 aliphatic rings. The number of aromatic nitrogens is 1. The second-order valence-corrected chi connectivity index (χ2v) is 7.08. The molecule has 0 bridgehead atoms. The number of amides is 1. The Morgan fingerprint density at radius 1 is 1.24 bits per heavy atom. The molecule has 0 unspecified atom stereocenters. The van der Waals surface area contributed by atoms with Crippen molar-refractivity contribution in [3.05, 3.63) is 40.9 Å². The van der Waals surface area contributed by atoms with E-state index in [1.807, 2.05) is 12.1 Å². The number of rotatable bonds is 7. The third kappa shape index (κ3) is 5.13. The molecule has 5 nitrogen and oxygen atoms in total. The van der Waals surface area contributed by atoms with Crippen LogP contribution >= 0.6 is 11.3 Å². The van der Waals surface area contributed by atoms with Crippen molar-refractivity contribution in [1.29, 1.82) is 0 Å². The molecule has 0 fully saturated rings. The molecular formula is C19H24N2O3S. The Morgan fingerprint density at radius 2 is 1.92 bits per heavy atom. The van der Waals surface area contributed by atoms with Crippen molar-refractivity contribution in [2.75, 3.05) is 20.7 Å². The van der Waals surface area contributed by atoms with E-state index in [-0.39, 0.29) is 11.9 Å². The van der Waals surface area contributed by atoms with Gasteiger partial charge in [0.2, 0.25) is 0 Å². The van der Waals surface area contributed by atoms with E-state index in [4.69, 9.17) is 0 Å². The normalized spacial score (nSPS) is 10.8. The van der Waals surface area contributed by atoms with Gasteiger partial charge in [0.15, 0.2) is 0 Å². The largest absolute Gasteiger partial charge is 0.469 e. The maximum Gasteiger partial charge on any atom is 0.305 e. The van der Waals surface area contributed by atoms with E-state index >= 15 is 0 Å². The number of benzene rings is 1. The van der Waals surface area contributed by atoms with Gasteiger partial charge < -0.3 is 9.64 Å². The lowest BCUT2D eigenvalue weighted by Gasteiger charge is -2.15. The molecule has 25 heavy (non-hydrogen) atoms. The predicted molar refractivity (Wildman–Crippen MR) is 99.8 cm³/mol. The van der Waals surface area contributed by atoms with Gasteiger partial charge in [0, 0.05) is 31.0 Å². The fourth-order valence-electron chi connectivity index (χ4n) is 2.37. The molecule has 0 atom stereocenters. The molecule has 0 spiro atoms. The molecule has 0 radical (unpaired) electrons. The Bertz CT molecular complexity index is 723. The van der Waals surface area contributed by atoms with E-state index in [2.05, 4.69) is 35.7 Å². The zero-order valence-electron chi connectivity index (χ0n) is 15.1. The average molecular weight is 360 g/mol. The SMILES string of the molecule is COC(=O)CCCN(C)C(=O)c1csc(-c2ccc(C(C)C)cc2)n1. The first-order valence-electron chi connectivity index (χ1n) is 8.30. The summed E-state index contributed by atoms with van der Waals surface area (Å²) in [5.74, 6) is 0.0916. The Labute approximate surface area is 152 Å². The van der Waals surface area contributed by atoms with Crippen molar-refractivity contribution in [2.24, 2.45) is 0 Å². The van der Waals surface area contributed by atoms with Crippen LogP contribution in [0, 0.1) is 0 Å². The van der Waals surface area contributed by atoms with E-state index in [0.717, 1.165) is 10.6 Å². The van der Waals surface area contributed by atoms with Crippen LogP contribution in [0.25, 0.3) is 10.6 Å². The standard InChI is InChI=1S/C19H24N2O3S/c1-13(2)14-7-9-15(10-8-14)18-20-16(12-25-18)19(23)21(3)11-5-6-17(22)24-4/h7-10,12-13H,5-6,11H2,1-4H3. The number of carbonyl (C=O) groups is 2. The number of methoxy groups -OCH3 is 1. The summed E-state index contributed by atoms with van der Waals surface area (Å²) in [7, 11) is 3.08. The van der Waals surface area contributed by atoms with Gasteiger partial charge in [0.05, 0.1) is 7.11 Å². The summed E-state index contributed by atoms with van der Waals surface area (Å²) in [6.45, 7) is 4.81. The maximum atomic E-state index is 12.4. The topological polar surface area (TPSA) is 59.5 Å². The van der Waals surface area contributed by atoms with Crippen LogP contribution in [0.4, 0.5) is 0 Å². The summed E-state index contributed by atoms with van der Waals surface area (Å²) < 4.78 is 4.60. The highest BCUT2D eigenvalue weighted by Crippen LogP contribution is 2.26. The highest BCUT2D eigenvalue weighted by Gasteiger charge is 2.16. The molecule has 2 rings (SSSR count). The molecule has 2 aromatic rings. The van der Waals surface area contributed by atoms with Crippen molar-refractivity contribution in [3.63, 3.8) is 0 Å². The molecule has 0 saturated carbocycles. The summed E-state index contributed by atoms with van der Waals surface area (Å²) in [5.41, 5.74) is 2.73. The smallest absolute Gasteiger partial charge is 0.305 e. The number of carbonyl (C=O) groups excluding carboxylic acids is 2. The van der Waals surface area contributed by atoms with Crippen LogP contribution in [-0.2, 0) is 9.53 Å². The third-order valence-corrected chi connectivity index (χ3v) is 4.89. The second kappa shape index (κ2) is 8.76. The van der Waals surface area contributed by atoms with Gasteiger partial charge in [-0.2, -0.15) is 0 Å². The Hall–Kier alpha value is -2.21. The first-order chi connectivity index (χ1) is 11.9. The van der Waals surface area contributed by atoms with Crippen molar-refractivity contribution >= 4 is 23.2 Å². The highest BCUT2D eigenvalue weighted by molar-refractivity contribution is 7.13. The second-order valence-electron chi connectivity index (χ2n) is 6.22. The number of hydrogen-bond donors (Lipinski definition) is 0. The van der Waals surface area contributed by atoms with Crippen LogP contribution in [0.1, 0.15) is 48.7 Å². The van der Waals surface area contributed by atoms with Gasteiger partial charge in [-0.05, 0) is 17.9 Å². The third-order valence-electron chi connectivity index (χ3n) is 4.00. The van der Waals surface area contributed by atoms with Crippen LogP contribution in [0.15, 0.2) is 29.6 Å². The molecule has 1 heterocycles. The summed E-state index contributed by atoms with van der Waals surface area (Å²) in [6, 6.07) is 8.29. The minimum absolute atomic E-state index is 0.133. The number of ether oxygens (including phenoxy) is 1. The fourth-order valence-corrected chi connectivity index (χ4v) is 3.17. The van der Waals surface area contributed by atoms with Crippen LogP contribution < -0.4 is 0 Å². The lowest BCUT2D eigenvalue weighted by Crippen LogP contribution is -2.28. The summed E-state index contributed by atoms with van der Waals surface area (Å²) in [4.78, 5) is 29.6. The Kier molecular flexibility index (Phi) is 6.70. The van der Waals surface area contributed by atoms with E-state index in [1.54, 1.807) is 17.3 Å². The van der Waals surface area contributed by atoms with Crippen LogP contribution in [0.2, 0.25) is 0 Å². The first kappa shape index (κ1) is 19.1. The molecule has 134 valence electrons. The van der Waals surface area contributed by atoms with E-state index in [1.165, 1.54) is 24.0 Å². The van der Waals surface area contributed by atoms with E-state index in [0.29, 0.717) is 31.0 Å². The van der Waals surface area contributed by atoms with E-state index < -0.39 is 0 Å². The molecule has 0 saturated heterocycles. The molecule has 1 aromatic carbocycles. The minimum atomic E-state index is -0.262. The van der Waals surface area contributed by atoms with Gasteiger partial charge in [0.25, 0.3) is 5.91 Å². The van der Waals surface area contributed by atoms with Crippen LogP contribution in [0.3, 0.4) is 0 Å². The molecule has 6 heteroatoms. The van der Waals surface area contributed by atoms with Crippen molar-refractivity contribution < 1.29 is 14.3 Å². The van der Waals surface area contributed by atoms with Crippen LogP contribution in [-0.4, -0.2) is 42.5 Å². The van der Waals surface area contributed by atoms with Crippen molar-refractivity contribution in [2.45, 2.75) is 32.6 Å². The fraction of sp³-hybridized carbons (Fsp3) is 0.421. The molecular weight excluding hydrogens is 336 g/mol. The maximum absolute atomic E-state index is 12.4. The number of hydrogen-bond acceptors (Lipinski definition) is 5. The highest BCUT2D eigenvalue weighted by atomic mass is 32.1. The van der Waals surface area contributed by atoms with Gasteiger partial charge in [-0.1, -0.05) is 38.1 Å². The zero-order valence-corrected chi connectivity index (χ0v) is 15.9. The quantitative estimate of drug-likeness (QED) is 0.701. The number of thiazole rings is 1. The Balaban J connectivity index is 1.99. The van der Waals surface area contributed by atoms with E-state index in [9.17, 15) is 9.59 Å². The summed E-state index contributed by atoms with van der Waals surface area (Å²) in [5, 5.41) is 2.62. The monoisotopic (exact) mass is 360 g/mol. The van der Waals surface area contributed by atoms with Gasteiger partial charge in [-0.25, -0.2) is 4.98 Å².